The first-order valence-corrected chi connectivity index (χ1v) is 13.2. The SMILES string of the molecule is CCc1cccc(NC(=O)N2CCC3(CC2)C(=O)N(CC(=O)Nc2ccc(F)cc2)CN3c2ccccc2)c1. The molecule has 39 heavy (non-hydrogen) atoms. The molecule has 0 atom stereocenters. The van der Waals surface area contributed by atoms with Gasteiger partial charge in [0.25, 0.3) is 5.91 Å². The van der Waals surface area contributed by atoms with E-state index in [2.05, 4.69) is 22.5 Å². The van der Waals surface area contributed by atoms with Crippen LogP contribution in [0.1, 0.15) is 25.3 Å². The summed E-state index contributed by atoms with van der Waals surface area (Å²) < 4.78 is 13.2. The fraction of sp³-hybridized carbons (Fsp3) is 0.300. The van der Waals surface area contributed by atoms with Gasteiger partial charge in [0.1, 0.15) is 17.9 Å². The smallest absolute Gasteiger partial charge is 0.321 e. The zero-order valence-electron chi connectivity index (χ0n) is 21.9. The van der Waals surface area contributed by atoms with Crippen molar-refractivity contribution in [2.45, 2.75) is 31.7 Å². The predicted octanol–water partition coefficient (Wildman–Crippen LogP) is 4.70. The molecule has 0 aromatic heterocycles. The molecule has 8 nitrogen and oxygen atoms in total. The Morgan fingerprint density at radius 1 is 0.897 bits per heavy atom. The molecular formula is C30H32FN5O3. The van der Waals surface area contributed by atoms with Crippen molar-refractivity contribution in [1.29, 1.82) is 0 Å². The zero-order valence-corrected chi connectivity index (χ0v) is 21.9. The van der Waals surface area contributed by atoms with Gasteiger partial charge in [0.15, 0.2) is 0 Å². The second kappa shape index (κ2) is 11.1. The van der Waals surface area contributed by atoms with Crippen LogP contribution in [0.4, 0.5) is 26.2 Å². The molecule has 3 aromatic rings. The number of hydrogen-bond donors (Lipinski definition) is 2. The molecule has 0 aliphatic carbocycles. The summed E-state index contributed by atoms with van der Waals surface area (Å²) in [5.41, 5.74) is 2.40. The van der Waals surface area contributed by atoms with Crippen molar-refractivity contribution >= 4 is 34.9 Å². The Hall–Kier alpha value is -4.40. The molecule has 0 saturated carbocycles. The lowest BCUT2D eigenvalue weighted by Crippen LogP contribution is -2.58. The number of hydrogen-bond acceptors (Lipinski definition) is 4. The molecule has 0 unspecified atom stereocenters. The quantitative estimate of drug-likeness (QED) is 0.485. The third-order valence-corrected chi connectivity index (χ3v) is 7.51. The van der Waals surface area contributed by atoms with E-state index < -0.39 is 11.4 Å². The van der Waals surface area contributed by atoms with Crippen LogP contribution in [0.3, 0.4) is 0 Å². The van der Waals surface area contributed by atoms with Gasteiger partial charge in [-0.25, -0.2) is 9.18 Å². The van der Waals surface area contributed by atoms with Crippen molar-refractivity contribution in [1.82, 2.24) is 9.80 Å². The Labute approximate surface area is 227 Å². The fourth-order valence-electron chi connectivity index (χ4n) is 5.38. The van der Waals surface area contributed by atoms with Gasteiger partial charge in [0.2, 0.25) is 5.91 Å². The summed E-state index contributed by atoms with van der Waals surface area (Å²) in [6.45, 7) is 3.01. The number of likely N-dealkylation sites (tertiary alicyclic amines) is 1. The third kappa shape index (κ3) is 5.57. The molecular weight excluding hydrogens is 497 g/mol. The van der Waals surface area contributed by atoms with Crippen molar-refractivity contribution in [3.63, 3.8) is 0 Å². The fourth-order valence-corrected chi connectivity index (χ4v) is 5.38. The minimum Gasteiger partial charge on any atom is -0.339 e. The summed E-state index contributed by atoms with van der Waals surface area (Å²) in [6.07, 6.45) is 1.77. The molecule has 2 heterocycles. The van der Waals surface area contributed by atoms with Crippen LogP contribution in [0.5, 0.6) is 0 Å². The summed E-state index contributed by atoms with van der Waals surface area (Å²) in [4.78, 5) is 45.1. The molecule has 0 radical (unpaired) electrons. The highest BCUT2D eigenvalue weighted by Crippen LogP contribution is 2.39. The van der Waals surface area contributed by atoms with Gasteiger partial charge >= 0.3 is 6.03 Å². The minimum absolute atomic E-state index is 0.126. The number of nitrogens with one attached hydrogen (secondary N) is 2. The first kappa shape index (κ1) is 26.2. The number of rotatable bonds is 6. The summed E-state index contributed by atoms with van der Waals surface area (Å²) in [7, 11) is 0. The lowest BCUT2D eigenvalue weighted by atomic mass is 9.85. The molecule has 5 rings (SSSR count). The van der Waals surface area contributed by atoms with Gasteiger partial charge in [0, 0.05) is 30.2 Å². The Bertz CT molecular complexity index is 1340. The van der Waals surface area contributed by atoms with E-state index in [4.69, 9.17) is 0 Å². The van der Waals surface area contributed by atoms with Gasteiger partial charge in [0.05, 0.1) is 6.67 Å². The number of nitrogens with zero attached hydrogens (tertiary/aromatic N) is 3. The molecule has 3 aromatic carbocycles. The van der Waals surface area contributed by atoms with E-state index in [-0.39, 0.29) is 31.1 Å². The van der Waals surface area contributed by atoms with Crippen molar-refractivity contribution < 1.29 is 18.8 Å². The van der Waals surface area contributed by atoms with E-state index in [1.165, 1.54) is 24.3 Å². The number of aryl methyl sites for hydroxylation is 1. The average molecular weight is 530 g/mol. The number of halogens is 1. The predicted molar refractivity (Wildman–Crippen MR) is 149 cm³/mol. The number of amides is 4. The highest BCUT2D eigenvalue weighted by Gasteiger charge is 2.54. The van der Waals surface area contributed by atoms with Crippen molar-refractivity contribution in [3.8, 4) is 0 Å². The Kier molecular flexibility index (Phi) is 7.49. The van der Waals surface area contributed by atoms with Crippen LogP contribution in [-0.4, -0.2) is 59.5 Å². The average Bonchev–Trinajstić information content (AvgIpc) is 3.21. The number of benzene rings is 3. The van der Waals surface area contributed by atoms with Crippen LogP contribution in [0.25, 0.3) is 0 Å². The van der Waals surface area contributed by atoms with Gasteiger partial charge in [-0.2, -0.15) is 0 Å². The van der Waals surface area contributed by atoms with E-state index in [0.717, 1.165) is 23.4 Å². The normalized spacial score (nSPS) is 16.5. The summed E-state index contributed by atoms with van der Waals surface area (Å²) in [6, 6.07) is 22.8. The van der Waals surface area contributed by atoms with Crippen LogP contribution in [-0.2, 0) is 16.0 Å². The maximum Gasteiger partial charge on any atom is 0.321 e. The van der Waals surface area contributed by atoms with Crippen LogP contribution in [0.15, 0.2) is 78.9 Å². The maximum atomic E-state index is 13.9. The van der Waals surface area contributed by atoms with E-state index in [1.807, 2.05) is 54.6 Å². The van der Waals surface area contributed by atoms with E-state index in [9.17, 15) is 18.8 Å². The van der Waals surface area contributed by atoms with Crippen LogP contribution in [0, 0.1) is 5.82 Å². The highest BCUT2D eigenvalue weighted by atomic mass is 19.1. The van der Waals surface area contributed by atoms with Gasteiger partial charge in [-0.05, 0) is 73.4 Å². The summed E-state index contributed by atoms with van der Waals surface area (Å²) in [5, 5.41) is 5.72. The Morgan fingerprint density at radius 3 is 2.31 bits per heavy atom. The highest BCUT2D eigenvalue weighted by molar-refractivity contribution is 5.99. The first-order chi connectivity index (χ1) is 18.9. The number of carbonyl (C=O) groups is 3. The van der Waals surface area contributed by atoms with Crippen molar-refractivity contribution in [3.05, 3.63) is 90.2 Å². The topological polar surface area (TPSA) is 85.0 Å². The molecule has 0 bridgehead atoms. The second-order valence-electron chi connectivity index (χ2n) is 9.97. The van der Waals surface area contributed by atoms with Crippen molar-refractivity contribution in [2.24, 2.45) is 0 Å². The molecule has 1 spiro atoms. The second-order valence-corrected chi connectivity index (χ2v) is 9.97. The van der Waals surface area contributed by atoms with E-state index in [0.29, 0.717) is 31.6 Å². The van der Waals surface area contributed by atoms with Gasteiger partial charge in [-0.3, -0.25) is 9.59 Å². The largest absolute Gasteiger partial charge is 0.339 e. The molecule has 2 aliphatic rings. The molecule has 2 N–H and O–H groups in total. The Balaban J connectivity index is 1.29. The van der Waals surface area contributed by atoms with E-state index in [1.54, 1.807) is 9.80 Å². The lowest BCUT2D eigenvalue weighted by Gasteiger charge is -2.43. The summed E-state index contributed by atoms with van der Waals surface area (Å²) in [5.74, 6) is -0.875. The zero-order chi connectivity index (χ0) is 27.4. The molecule has 2 fully saturated rings. The lowest BCUT2D eigenvalue weighted by molar-refractivity contribution is -0.136. The van der Waals surface area contributed by atoms with Gasteiger partial charge < -0.3 is 25.3 Å². The number of urea groups is 1. The minimum atomic E-state index is -0.851. The number of anilines is 3. The molecule has 202 valence electrons. The number of piperidine rings is 1. The van der Waals surface area contributed by atoms with E-state index >= 15 is 0 Å². The third-order valence-electron chi connectivity index (χ3n) is 7.51. The molecule has 9 heteroatoms. The summed E-state index contributed by atoms with van der Waals surface area (Å²) >= 11 is 0. The first-order valence-electron chi connectivity index (χ1n) is 13.2. The monoisotopic (exact) mass is 529 g/mol. The van der Waals surface area contributed by atoms with Gasteiger partial charge in [-0.15, -0.1) is 0 Å². The molecule has 4 amide bonds. The van der Waals surface area contributed by atoms with Crippen LogP contribution >= 0.6 is 0 Å². The van der Waals surface area contributed by atoms with Crippen molar-refractivity contribution in [2.75, 3.05) is 41.8 Å². The Morgan fingerprint density at radius 2 is 1.62 bits per heavy atom. The van der Waals surface area contributed by atoms with Gasteiger partial charge in [-0.1, -0.05) is 37.3 Å². The van der Waals surface area contributed by atoms with Crippen LogP contribution < -0.4 is 15.5 Å². The molecule has 2 saturated heterocycles. The number of para-hydroxylation sites is 1. The number of carbonyl (C=O) groups excluding carboxylic acids is 3. The maximum absolute atomic E-state index is 13.9. The van der Waals surface area contributed by atoms with Crippen LogP contribution in [0.2, 0.25) is 0 Å². The molecule has 2 aliphatic heterocycles. The standard InChI is InChI=1S/C30H32FN5O3/c1-2-22-7-6-8-25(19-22)33-29(39)34-17-15-30(16-18-34)28(38)35(21-36(30)26-9-4-3-5-10-26)20-27(37)32-24-13-11-23(31)12-14-24/h3-14,19H,2,15-18,20-21H2,1H3,(H,32,37)(H,33,39).